The second-order valence-electron chi connectivity index (χ2n) is 1.73. The van der Waals surface area contributed by atoms with Crippen LogP contribution in [0.4, 0.5) is 0 Å². The second-order valence-corrected chi connectivity index (χ2v) is 3.86. The maximum atomic E-state index is 9.94. The van der Waals surface area contributed by atoms with E-state index in [9.17, 15) is 4.79 Å². The molecule has 10 heavy (non-hydrogen) atoms. The van der Waals surface area contributed by atoms with E-state index in [0.29, 0.717) is 5.75 Å². The number of hydrogen-bond donors (Lipinski definition) is 0. The molecular formula is C6H7NOS2. The molecule has 1 rings (SSSR count). The van der Waals surface area contributed by atoms with Gasteiger partial charge in [0.25, 0.3) is 0 Å². The fourth-order valence-electron chi connectivity index (χ4n) is 0.504. The van der Waals surface area contributed by atoms with Crippen molar-refractivity contribution in [2.24, 2.45) is 0 Å². The van der Waals surface area contributed by atoms with Crippen molar-refractivity contribution in [1.82, 2.24) is 4.98 Å². The van der Waals surface area contributed by atoms with Crippen molar-refractivity contribution in [2.75, 3.05) is 5.75 Å². The third-order valence-corrected chi connectivity index (χ3v) is 2.91. The Hall–Kier alpha value is -0.350. The highest BCUT2D eigenvalue weighted by molar-refractivity contribution is 8.01. The van der Waals surface area contributed by atoms with Gasteiger partial charge >= 0.3 is 0 Å². The number of thiazole rings is 1. The number of nitrogens with zero attached hydrogens (tertiary/aromatic N) is 1. The second kappa shape index (κ2) is 3.73. The number of thioether (sulfide) groups is 1. The highest BCUT2D eigenvalue weighted by Gasteiger charge is 1.96. The van der Waals surface area contributed by atoms with Gasteiger partial charge in [0.2, 0.25) is 0 Å². The summed E-state index contributed by atoms with van der Waals surface area (Å²) >= 11 is 3.06. The Bertz CT molecular complexity index is 221. The number of aryl methyl sites for hydroxylation is 1. The van der Waals surface area contributed by atoms with Crippen molar-refractivity contribution in [3.05, 3.63) is 11.1 Å². The Morgan fingerprint density at radius 3 is 3.20 bits per heavy atom. The van der Waals surface area contributed by atoms with Crippen LogP contribution in [-0.2, 0) is 4.79 Å². The largest absolute Gasteiger partial charge is 0.302 e. The molecule has 0 aliphatic rings. The molecular weight excluding hydrogens is 166 g/mol. The highest BCUT2D eigenvalue weighted by atomic mass is 32.2. The maximum absolute atomic E-state index is 9.94. The summed E-state index contributed by atoms with van der Waals surface area (Å²) in [5.74, 6) is 0.507. The zero-order valence-corrected chi connectivity index (χ0v) is 7.17. The van der Waals surface area contributed by atoms with Gasteiger partial charge in [-0.05, 0) is 6.92 Å². The molecule has 0 atom stereocenters. The van der Waals surface area contributed by atoms with Gasteiger partial charge < -0.3 is 4.79 Å². The Balaban J connectivity index is 2.49. The van der Waals surface area contributed by atoms with Crippen LogP contribution in [0.3, 0.4) is 0 Å². The van der Waals surface area contributed by atoms with Crippen molar-refractivity contribution < 1.29 is 4.79 Å². The van der Waals surface area contributed by atoms with Crippen molar-refractivity contribution >= 4 is 29.4 Å². The highest BCUT2D eigenvalue weighted by Crippen LogP contribution is 2.20. The quantitative estimate of drug-likeness (QED) is 0.515. The first-order valence-electron chi connectivity index (χ1n) is 2.81. The van der Waals surface area contributed by atoms with Gasteiger partial charge in [-0.1, -0.05) is 11.8 Å². The van der Waals surface area contributed by atoms with Crippen molar-refractivity contribution in [1.29, 1.82) is 0 Å². The summed E-state index contributed by atoms with van der Waals surface area (Å²) in [5.41, 5.74) is 1.03. The van der Waals surface area contributed by atoms with Gasteiger partial charge in [-0.2, -0.15) is 0 Å². The molecule has 0 saturated heterocycles. The van der Waals surface area contributed by atoms with Crippen LogP contribution in [0.2, 0.25) is 0 Å². The minimum absolute atomic E-state index is 0.507. The predicted molar refractivity (Wildman–Crippen MR) is 43.6 cm³/mol. The summed E-state index contributed by atoms with van der Waals surface area (Å²) in [5, 5.41) is 1.98. The molecule has 4 heteroatoms. The minimum atomic E-state index is 0.507. The van der Waals surface area contributed by atoms with Crippen LogP contribution in [0, 0.1) is 6.92 Å². The third kappa shape index (κ3) is 2.11. The molecule has 0 bridgehead atoms. The Morgan fingerprint density at radius 1 is 1.90 bits per heavy atom. The minimum Gasteiger partial charge on any atom is -0.302 e. The molecule has 1 aromatic rings. The maximum Gasteiger partial charge on any atom is 0.150 e. The van der Waals surface area contributed by atoms with Crippen LogP contribution in [0.1, 0.15) is 5.69 Å². The first-order valence-corrected chi connectivity index (χ1v) is 4.68. The van der Waals surface area contributed by atoms with Gasteiger partial charge in [-0.3, -0.25) is 0 Å². The molecule has 0 radical (unpaired) electrons. The van der Waals surface area contributed by atoms with E-state index in [1.54, 1.807) is 11.3 Å². The van der Waals surface area contributed by atoms with Gasteiger partial charge in [-0.15, -0.1) is 11.3 Å². The molecule has 0 N–H and O–H groups in total. The number of carbonyl (C=O) groups is 1. The van der Waals surface area contributed by atoms with Crippen molar-refractivity contribution in [3.8, 4) is 0 Å². The third-order valence-electron chi connectivity index (χ3n) is 0.873. The molecule has 0 amide bonds. The summed E-state index contributed by atoms with van der Waals surface area (Å²) in [6.45, 7) is 1.95. The van der Waals surface area contributed by atoms with E-state index in [-0.39, 0.29) is 0 Å². The Morgan fingerprint density at radius 2 is 2.70 bits per heavy atom. The van der Waals surface area contributed by atoms with E-state index in [2.05, 4.69) is 4.98 Å². The summed E-state index contributed by atoms with van der Waals surface area (Å²) in [6.07, 6.45) is 0.890. The number of carbonyl (C=O) groups excluding carboxylic acids is 1. The lowest BCUT2D eigenvalue weighted by Crippen LogP contribution is -1.77. The molecule has 0 aromatic carbocycles. The fraction of sp³-hybridized carbons (Fsp3) is 0.333. The van der Waals surface area contributed by atoms with E-state index in [0.717, 1.165) is 16.3 Å². The van der Waals surface area contributed by atoms with Gasteiger partial charge in [0.15, 0.2) is 4.34 Å². The zero-order valence-electron chi connectivity index (χ0n) is 5.53. The van der Waals surface area contributed by atoms with Crippen LogP contribution in [0.5, 0.6) is 0 Å². The normalized spacial score (nSPS) is 9.70. The number of aldehydes is 1. The van der Waals surface area contributed by atoms with Gasteiger partial charge in [0, 0.05) is 11.1 Å². The fourth-order valence-corrected chi connectivity index (χ4v) is 2.06. The monoisotopic (exact) mass is 173 g/mol. The standard InChI is InChI=1S/C6H7NOS2/c1-5-4-10-6(7-5)9-3-2-8/h2,4H,3H2,1H3. The lowest BCUT2D eigenvalue weighted by atomic mass is 10.6. The molecule has 0 saturated carbocycles. The lowest BCUT2D eigenvalue weighted by molar-refractivity contribution is -0.105. The molecule has 0 fully saturated rings. The number of aromatic nitrogens is 1. The van der Waals surface area contributed by atoms with E-state index in [4.69, 9.17) is 0 Å². The SMILES string of the molecule is Cc1csc(SCC=O)n1. The number of rotatable bonds is 3. The van der Waals surface area contributed by atoms with Gasteiger partial charge in [0.1, 0.15) is 6.29 Å². The van der Waals surface area contributed by atoms with Crippen LogP contribution < -0.4 is 0 Å². The van der Waals surface area contributed by atoms with Crippen molar-refractivity contribution in [3.63, 3.8) is 0 Å². The lowest BCUT2D eigenvalue weighted by Gasteiger charge is -1.85. The molecule has 0 unspecified atom stereocenters. The molecule has 2 nitrogen and oxygen atoms in total. The molecule has 0 spiro atoms. The van der Waals surface area contributed by atoms with Gasteiger partial charge in [-0.25, -0.2) is 4.98 Å². The Kier molecular flexibility index (Phi) is 2.89. The molecule has 0 aliphatic carbocycles. The zero-order chi connectivity index (χ0) is 7.40. The van der Waals surface area contributed by atoms with Crippen LogP contribution in [0.15, 0.2) is 9.72 Å². The molecule has 1 aromatic heterocycles. The average molecular weight is 173 g/mol. The molecule has 1 heterocycles. The van der Waals surface area contributed by atoms with Gasteiger partial charge in [0.05, 0.1) is 5.75 Å². The first-order chi connectivity index (χ1) is 4.83. The van der Waals surface area contributed by atoms with E-state index < -0.39 is 0 Å². The topological polar surface area (TPSA) is 30.0 Å². The number of hydrogen-bond acceptors (Lipinski definition) is 4. The van der Waals surface area contributed by atoms with E-state index in [1.807, 2.05) is 12.3 Å². The van der Waals surface area contributed by atoms with Crippen LogP contribution >= 0.6 is 23.1 Å². The summed E-state index contributed by atoms with van der Waals surface area (Å²) < 4.78 is 0.976. The molecule has 0 aliphatic heterocycles. The average Bonchev–Trinajstić information content (AvgIpc) is 2.31. The summed E-state index contributed by atoms with van der Waals surface area (Å²) in [6, 6.07) is 0. The van der Waals surface area contributed by atoms with Crippen molar-refractivity contribution in [2.45, 2.75) is 11.3 Å². The Labute approximate surface area is 67.7 Å². The molecule has 54 valence electrons. The van der Waals surface area contributed by atoms with E-state index in [1.165, 1.54) is 11.8 Å². The smallest absolute Gasteiger partial charge is 0.150 e. The first kappa shape index (κ1) is 7.75. The van der Waals surface area contributed by atoms with Crippen LogP contribution in [0.25, 0.3) is 0 Å². The summed E-state index contributed by atoms with van der Waals surface area (Å²) in [4.78, 5) is 14.1. The van der Waals surface area contributed by atoms with E-state index >= 15 is 0 Å². The summed E-state index contributed by atoms with van der Waals surface area (Å²) in [7, 11) is 0. The van der Waals surface area contributed by atoms with Crippen LogP contribution in [-0.4, -0.2) is 17.0 Å². The predicted octanol–water partition coefficient (Wildman–Crippen LogP) is 1.74.